The van der Waals surface area contributed by atoms with Crippen LogP contribution in [0.2, 0.25) is 0 Å². The van der Waals surface area contributed by atoms with E-state index in [0.29, 0.717) is 10.9 Å². The highest BCUT2D eigenvalue weighted by Crippen LogP contribution is 2.49. The highest BCUT2D eigenvalue weighted by molar-refractivity contribution is 6.29. The number of fused-ring (bicyclic) bond motifs is 7. The quantitative estimate of drug-likeness (QED) is 0.127. The number of rotatable bonds is 1. The van der Waals surface area contributed by atoms with Crippen molar-refractivity contribution in [3.05, 3.63) is 84.1 Å². The zero-order valence-corrected chi connectivity index (χ0v) is 20.5. The molecule has 0 unspecified atom stereocenters. The second-order valence-electron chi connectivity index (χ2n) is 10.5. The molecule has 0 N–H and O–H groups in total. The molecule has 0 aliphatic rings. The molecule has 5 heteroatoms. The molecule has 178 valence electrons. The topological polar surface area (TPSA) is 8.29 Å². The van der Waals surface area contributed by atoms with Gasteiger partial charge < -0.3 is 4.40 Å². The molecule has 0 aliphatic heterocycles. The monoisotopic (exact) mass is 481 g/mol. The van der Waals surface area contributed by atoms with Crippen LogP contribution in [0.1, 0.15) is 25.0 Å². The molecule has 0 bridgehead atoms. The molecule has 3 heterocycles. The first-order valence-corrected chi connectivity index (χ1v) is 12.1. The summed E-state index contributed by atoms with van der Waals surface area (Å²) in [6, 6.07) is 22.1. The fraction of sp³-hybridized carbons (Fsp3) is 0.194. The summed E-state index contributed by atoms with van der Waals surface area (Å²) in [4.78, 5) is 0. The van der Waals surface area contributed by atoms with Crippen LogP contribution in [-0.4, -0.2) is 10.6 Å². The zero-order chi connectivity index (χ0) is 25.1. The third-order valence-corrected chi connectivity index (χ3v) is 8.18. The third-order valence-electron chi connectivity index (χ3n) is 8.18. The molecule has 7 rings (SSSR count). The van der Waals surface area contributed by atoms with Crippen LogP contribution in [0.5, 0.6) is 0 Å². The Kier molecular flexibility index (Phi) is 3.97. The lowest BCUT2D eigenvalue weighted by molar-refractivity contribution is -0.643. The maximum Gasteiger partial charge on any atom is 0.397 e. The van der Waals surface area contributed by atoms with Crippen molar-refractivity contribution in [1.29, 1.82) is 0 Å². The van der Waals surface area contributed by atoms with E-state index in [9.17, 15) is 13.2 Å². The van der Waals surface area contributed by atoms with Gasteiger partial charge in [0.2, 0.25) is 5.52 Å². The SMILES string of the molecule is Cc1c2ccccc2cc2c1c1c3c(cc[n+]1C)cc(C(C)(C)C(F)(F)F)c1c4ccccc4n2c13. The average Bonchev–Trinajstić information content (AvgIpc) is 3.19. The number of aryl methyl sites for hydroxylation is 2. The first kappa shape index (κ1) is 21.4. The van der Waals surface area contributed by atoms with Crippen molar-refractivity contribution < 1.29 is 17.7 Å². The molecule has 3 aromatic heterocycles. The molecule has 0 atom stereocenters. The van der Waals surface area contributed by atoms with Gasteiger partial charge in [0, 0.05) is 16.8 Å². The molecule has 36 heavy (non-hydrogen) atoms. The van der Waals surface area contributed by atoms with Crippen LogP contribution < -0.4 is 4.57 Å². The number of pyridine rings is 2. The van der Waals surface area contributed by atoms with E-state index in [1.54, 1.807) is 6.07 Å². The van der Waals surface area contributed by atoms with E-state index in [4.69, 9.17) is 0 Å². The highest BCUT2D eigenvalue weighted by Gasteiger charge is 2.50. The summed E-state index contributed by atoms with van der Waals surface area (Å²) in [5, 5.41) is 6.77. The van der Waals surface area contributed by atoms with Crippen LogP contribution in [0.3, 0.4) is 0 Å². The maximum absolute atomic E-state index is 14.5. The Balaban J connectivity index is 1.90. The molecule has 7 aromatic rings. The lowest BCUT2D eigenvalue weighted by Gasteiger charge is -2.29. The van der Waals surface area contributed by atoms with Gasteiger partial charge in [-0.2, -0.15) is 13.2 Å². The van der Waals surface area contributed by atoms with Gasteiger partial charge in [0.1, 0.15) is 7.05 Å². The Labute approximate surface area is 205 Å². The number of halogens is 3. The summed E-state index contributed by atoms with van der Waals surface area (Å²) in [5.41, 5.74) is 3.29. The maximum atomic E-state index is 14.5. The number of alkyl halides is 3. The minimum Gasteiger partial charge on any atom is -0.307 e. The molecule has 0 saturated heterocycles. The third kappa shape index (κ3) is 2.45. The summed E-state index contributed by atoms with van der Waals surface area (Å²) in [6.45, 7) is 4.73. The van der Waals surface area contributed by atoms with Gasteiger partial charge in [-0.15, -0.1) is 0 Å². The van der Waals surface area contributed by atoms with Crippen LogP contribution in [0.25, 0.3) is 59.8 Å². The smallest absolute Gasteiger partial charge is 0.307 e. The molecule has 0 aliphatic carbocycles. The molecule has 0 spiro atoms. The van der Waals surface area contributed by atoms with Crippen LogP contribution in [0.15, 0.2) is 72.9 Å². The van der Waals surface area contributed by atoms with Crippen LogP contribution >= 0.6 is 0 Å². The summed E-state index contributed by atoms with van der Waals surface area (Å²) in [6.07, 6.45) is -2.43. The van der Waals surface area contributed by atoms with Gasteiger partial charge in [-0.1, -0.05) is 42.5 Å². The fourth-order valence-electron chi connectivity index (χ4n) is 6.19. The van der Waals surface area contributed by atoms with Gasteiger partial charge in [-0.3, -0.25) is 0 Å². The van der Waals surface area contributed by atoms with E-state index in [-0.39, 0.29) is 0 Å². The van der Waals surface area contributed by atoms with Crippen LogP contribution in [0.4, 0.5) is 13.2 Å². The minimum atomic E-state index is -4.39. The van der Waals surface area contributed by atoms with Gasteiger partial charge in [0.15, 0.2) is 6.20 Å². The largest absolute Gasteiger partial charge is 0.397 e. The highest BCUT2D eigenvalue weighted by atomic mass is 19.4. The number of aromatic nitrogens is 2. The van der Waals surface area contributed by atoms with Gasteiger partial charge >= 0.3 is 6.18 Å². The van der Waals surface area contributed by atoms with Crippen molar-refractivity contribution in [2.24, 2.45) is 7.05 Å². The standard InChI is InChI=1S/C31H24F3N2/c1-17-20-10-6-5-9-18(20)16-24-25(17)28-26-19(13-14-35(28)4)15-22(30(2,3)31(32,33)34)27-21-11-7-8-12-23(21)36(24)29(26)27/h5-16H,1-4H3/q+1. The number of para-hydroxylation sites is 1. The predicted molar refractivity (Wildman–Crippen MR) is 141 cm³/mol. The van der Waals surface area contributed by atoms with Crippen molar-refractivity contribution in [3.63, 3.8) is 0 Å². The molecule has 0 fully saturated rings. The van der Waals surface area contributed by atoms with Gasteiger partial charge in [-0.25, -0.2) is 4.57 Å². The van der Waals surface area contributed by atoms with Crippen molar-refractivity contribution in [2.75, 3.05) is 0 Å². The summed E-state index contributed by atoms with van der Waals surface area (Å²) < 4.78 is 47.7. The molecular formula is C31H24F3N2+. The normalized spacial score (nSPS) is 13.4. The Hall–Kier alpha value is -3.86. The van der Waals surface area contributed by atoms with Crippen LogP contribution in [-0.2, 0) is 12.5 Å². The van der Waals surface area contributed by atoms with Gasteiger partial charge in [0.25, 0.3) is 0 Å². The molecule has 0 saturated carbocycles. The first-order valence-electron chi connectivity index (χ1n) is 12.1. The second kappa shape index (κ2) is 6.67. The second-order valence-corrected chi connectivity index (χ2v) is 10.5. The van der Waals surface area contributed by atoms with E-state index in [1.165, 1.54) is 24.8 Å². The van der Waals surface area contributed by atoms with Crippen molar-refractivity contribution in [1.82, 2.24) is 4.40 Å². The summed E-state index contributed by atoms with van der Waals surface area (Å²) in [7, 11) is 2.02. The van der Waals surface area contributed by atoms with E-state index in [0.717, 1.165) is 49.0 Å². The van der Waals surface area contributed by atoms with E-state index >= 15 is 0 Å². The molecule has 0 amide bonds. The Morgan fingerprint density at radius 3 is 2.19 bits per heavy atom. The number of benzene rings is 4. The lowest BCUT2D eigenvalue weighted by atomic mass is 9.80. The molecule has 2 nitrogen and oxygen atoms in total. The first-order chi connectivity index (χ1) is 17.1. The summed E-state index contributed by atoms with van der Waals surface area (Å²) in [5.74, 6) is 0. The van der Waals surface area contributed by atoms with E-state index in [1.807, 2.05) is 55.7 Å². The Morgan fingerprint density at radius 2 is 1.44 bits per heavy atom. The van der Waals surface area contributed by atoms with Gasteiger partial charge in [0.05, 0.1) is 32.7 Å². The van der Waals surface area contributed by atoms with E-state index < -0.39 is 11.6 Å². The fourth-order valence-corrected chi connectivity index (χ4v) is 6.19. The lowest BCUT2D eigenvalue weighted by Crippen LogP contribution is -2.36. The number of hydrogen-bond acceptors (Lipinski definition) is 0. The number of nitrogens with zero attached hydrogens (tertiary/aromatic N) is 2. The van der Waals surface area contributed by atoms with Crippen molar-refractivity contribution >= 4 is 59.8 Å². The zero-order valence-electron chi connectivity index (χ0n) is 20.5. The minimum absolute atomic E-state index is 0.313. The van der Waals surface area contributed by atoms with Crippen LogP contribution in [0, 0.1) is 6.92 Å². The van der Waals surface area contributed by atoms with Crippen molar-refractivity contribution in [2.45, 2.75) is 32.4 Å². The van der Waals surface area contributed by atoms with Gasteiger partial charge in [-0.05, 0) is 66.3 Å². The summed E-state index contributed by atoms with van der Waals surface area (Å²) >= 11 is 0. The van der Waals surface area contributed by atoms with Crippen molar-refractivity contribution in [3.8, 4) is 0 Å². The predicted octanol–water partition coefficient (Wildman–Crippen LogP) is 8.12. The Bertz CT molecular complexity index is 2030. The number of hydrogen-bond donors (Lipinski definition) is 0. The molecule has 0 radical (unpaired) electrons. The molecular weight excluding hydrogens is 457 g/mol. The van der Waals surface area contributed by atoms with E-state index in [2.05, 4.69) is 34.1 Å². The molecule has 4 aromatic carbocycles. The average molecular weight is 482 g/mol. The Morgan fingerprint density at radius 1 is 0.750 bits per heavy atom.